The van der Waals surface area contributed by atoms with E-state index >= 15 is 0 Å². The van der Waals surface area contributed by atoms with Gasteiger partial charge >= 0.3 is 6.03 Å². The second-order valence-corrected chi connectivity index (χ2v) is 6.71. The molecule has 2 atom stereocenters. The third kappa shape index (κ3) is 3.41. The Balaban J connectivity index is 1.48. The highest BCUT2D eigenvalue weighted by atomic mass is 16.7. The Kier molecular flexibility index (Phi) is 5.06. The number of nitrogens with one attached hydrogen (secondary N) is 1. The van der Waals surface area contributed by atoms with E-state index in [9.17, 15) is 14.4 Å². The summed E-state index contributed by atoms with van der Waals surface area (Å²) in [7, 11) is 0. The van der Waals surface area contributed by atoms with Crippen molar-refractivity contribution in [2.24, 2.45) is 0 Å². The smallest absolute Gasteiger partial charge is 0.352 e. The molecular formula is C18H22N4O5. The largest absolute Gasteiger partial charge is 0.378 e. The summed E-state index contributed by atoms with van der Waals surface area (Å²) in [4.78, 5) is 47.0. The van der Waals surface area contributed by atoms with Gasteiger partial charge in [-0.25, -0.2) is 4.79 Å². The minimum Gasteiger partial charge on any atom is -0.378 e. The summed E-state index contributed by atoms with van der Waals surface area (Å²) in [5.41, 5.74) is 0.849. The maximum absolute atomic E-state index is 12.9. The molecule has 27 heavy (non-hydrogen) atoms. The second-order valence-electron chi connectivity index (χ2n) is 6.71. The lowest BCUT2D eigenvalue weighted by molar-refractivity contribution is -0.167. The average molecular weight is 374 g/mol. The molecule has 3 aliphatic heterocycles. The number of fused-ring (bicyclic) bond motifs is 1. The van der Waals surface area contributed by atoms with Crippen molar-refractivity contribution in [1.82, 2.24) is 20.2 Å². The highest BCUT2D eigenvalue weighted by molar-refractivity contribution is 6.05. The number of imide groups is 1. The van der Waals surface area contributed by atoms with E-state index in [1.54, 1.807) is 4.90 Å². The lowest BCUT2D eigenvalue weighted by Gasteiger charge is -2.38. The molecule has 3 aliphatic rings. The van der Waals surface area contributed by atoms with Crippen LogP contribution < -0.4 is 5.32 Å². The lowest BCUT2D eigenvalue weighted by Crippen LogP contribution is -2.63. The van der Waals surface area contributed by atoms with E-state index in [2.05, 4.69) is 5.32 Å². The fourth-order valence-corrected chi connectivity index (χ4v) is 3.61. The van der Waals surface area contributed by atoms with Gasteiger partial charge in [0.1, 0.15) is 18.7 Å². The first-order valence-electron chi connectivity index (χ1n) is 9.07. The Morgan fingerprint density at radius 1 is 1.15 bits per heavy atom. The van der Waals surface area contributed by atoms with Gasteiger partial charge in [0.05, 0.1) is 13.2 Å². The fraction of sp³-hybridized carbons (Fsp3) is 0.500. The molecule has 0 radical (unpaired) electrons. The third-order valence-corrected chi connectivity index (χ3v) is 5.04. The molecule has 2 unspecified atom stereocenters. The highest BCUT2D eigenvalue weighted by Gasteiger charge is 2.53. The number of rotatable bonds is 4. The molecule has 144 valence electrons. The highest BCUT2D eigenvalue weighted by Crippen LogP contribution is 2.25. The van der Waals surface area contributed by atoms with Gasteiger partial charge in [-0.2, -0.15) is 0 Å². The molecule has 1 N–H and O–H groups in total. The monoisotopic (exact) mass is 374 g/mol. The summed E-state index contributed by atoms with van der Waals surface area (Å²) in [5.74, 6) is -0.607. The van der Waals surface area contributed by atoms with Gasteiger partial charge in [-0.1, -0.05) is 30.3 Å². The van der Waals surface area contributed by atoms with Crippen molar-refractivity contribution in [3.8, 4) is 0 Å². The molecule has 0 aromatic heterocycles. The Labute approximate surface area is 156 Å². The number of nitrogens with zero attached hydrogens (tertiary/aromatic N) is 3. The van der Waals surface area contributed by atoms with Gasteiger partial charge in [0, 0.05) is 26.2 Å². The van der Waals surface area contributed by atoms with Crippen LogP contribution in [0.1, 0.15) is 5.56 Å². The number of carbonyl (C=O) groups is 3. The van der Waals surface area contributed by atoms with E-state index in [1.165, 1.54) is 4.90 Å². The van der Waals surface area contributed by atoms with Crippen molar-refractivity contribution in [1.29, 1.82) is 0 Å². The minimum atomic E-state index is -0.725. The van der Waals surface area contributed by atoms with Crippen molar-refractivity contribution in [3.05, 3.63) is 35.9 Å². The average Bonchev–Trinajstić information content (AvgIpc) is 2.97. The molecule has 0 spiro atoms. The number of carbonyl (C=O) groups excluding carboxylic acids is 3. The summed E-state index contributed by atoms with van der Waals surface area (Å²) in [6.07, 6.45) is 0. The first kappa shape index (κ1) is 17.9. The Morgan fingerprint density at radius 2 is 1.89 bits per heavy atom. The first-order chi connectivity index (χ1) is 13.2. The normalized spacial score (nSPS) is 25.7. The van der Waals surface area contributed by atoms with Gasteiger partial charge < -0.3 is 15.0 Å². The van der Waals surface area contributed by atoms with Crippen LogP contribution in [0.5, 0.6) is 0 Å². The quantitative estimate of drug-likeness (QED) is 0.720. The topological polar surface area (TPSA) is 91.4 Å². The number of hydroxylamine groups is 2. The number of amides is 4. The van der Waals surface area contributed by atoms with Crippen LogP contribution in [-0.4, -0.2) is 84.2 Å². The van der Waals surface area contributed by atoms with Crippen molar-refractivity contribution in [3.63, 3.8) is 0 Å². The van der Waals surface area contributed by atoms with Crippen LogP contribution in [0.4, 0.5) is 4.79 Å². The molecule has 4 rings (SSSR count). The number of piperazine rings is 1. The summed E-state index contributed by atoms with van der Waals surface area (Å²) >= 11 is 0. The number of urea groups is 1. The summed E-state index contributed by atoms with van der Waals surface area (Å²) in [5, 5.41) is 3.89. The number of hydrogen-bond donors (Lipinski definition) is 1. The zero-order valence-corrected chi connectivity index (χ0v) is 14.9. The second kappa shape index (κ2) is 7.63. The molecule has 0 aliphatic carbocycles. The Morgan fingerprint density at radius 3 is 2.63 bits per heavy atom. The zero-order chi connectivity index (χ0) is 18.8. The Hall–Kier alpha value is -2.49. The summed E-state index contributed by atoms with van der Waals surface area (Å²) in [6.45, 7) is 2.67. The molecule has 0 saturated carbocycles. The number of benzene rings is 1. The molecular weight excluding hydrogens is 352 g/mol. The molecule has 1 aromatic carbocycles. The molecule has 9 heteroatoms. The Bertz CT molecular complexity index is 722. The number of hydrogen-bond acceptors (Lipinski definition) is 6. The van der Waals surface area contributed by atoms with Crippen molar-refractivity contribution >= 4 is 17.8 Å². The molecule has 9 nitrogen and oxygen atoms in total. The maximum Gasteiger partial charge on any atom is 0.352 e. The summed E-state index contributed by atoms with van der Waals surface area (Å²) < 4.78 is 5.28. The van der Waals surface area contributed by atoms with Crippen LogP contribution in [-0.2, 0) is 25.8 Å². The van der Waals surface area contributed by atoms with E-state index < -0.39 is 24.0 Å². The third-order valence-electron chi connectivity index (χ3n) is 5.04. The van der Waals surface area contributed by atoms with Crippen molar-refractivity contribution in [2.75, 3.05) is 39.4 Å². The van der Waals surface area contributed by atoms with Crippen LogP contribution >= 0.6 is 0 Å². The van der Waals surface area contributed by atoms with Gasteiger partial charge in [-0.05, 0) is 5.56 Å². The molecule has 3 heterocycles. The van der Waals surface area contributed by atoms with Gasteiger partial charge in [-0.15, -0.1) is 5.06 Å². The maximum atomic E-state index is 12.9. The van der Waals surface area contributed by atoms with Gasteiger partial charge in [-0.3, -0.25) is 19.3 Å². The number of ether oxygens (including phenoxy) is 1. The van der Waals surface area contributed by atoms with Gasteiger partial charge in [0.15, 0.2) is 0 Å². The van der Waals surface area contributed by atoms with E-state index in [4.69, 9.17) is 9.57 Å². The van der Waals surface area contributed by atoms with E-state index in [1.807, 2.05) is 30.3 Å². The molecule has 0 bridgehead atoms. The van der Waals surface area contributed by atoms with E-state index in [0.717, 1.165) is 10.6 Å². The minimum absolute atomic E-state index is 0.106. The first-order valence-corrected chi connectivity index (χ1v) is 9.07. The van der Waals surface area contributed by atoms with E-state index in [-0.39, 0.29) is 12.5 Å². The van der Waals surface area contributed by atoms with Crippen molar-refractivity contribution < 1.29 is 24.0 Å². The van der Waals surface area contributed by atoms with Crippen molar-refractivity contribution in [2.45, 2.75) is 18.7 Å². The molecule has 4 amide bonds. The standard InChI is InChI=1S/C18H22N4O5/c23-16(20-6-8-26-9-7-20)14-10-19-11-15-17(24)22(18(25)21(14)15)27-12-13-4-2-1-3-5-13/h1-5,14-15,19H,6-12H2. The van der Waals surface area contributed by atoms with Crippen LogP contribution in [0.2, 0.25) is 0 Å². The van der Waals surface area contributed by atoms with Crippen LogP contribution in [0.3, 0.4) is 0 Å². The fourth-order valence-electron chi connectivity index (χ4n) is 3.61. The predicted molar refractivity (Wildman–Crippen MR) is 93.2 cm³/mol. The zero-order valence-electron chi connectivity index (χ0n) is 14.9. The molecule has 3 fully saturated rings. The summed E-state index contributed by atoms with van der Waals surface area (Å²) in [6, 6.07) is 7.28. The molecule has 1 aromatic rings. The lowest BCUT2D eigenvalue weighted by atomic mass is 10.1. The number of morpholine rings is 1. The van der Waals surface area contributed by atoms with Gasteiger partial charge in [0.2, 0.25) is 5.91 Å². The van der Waals surface area contributed by atoms with E-state index in [0.29, 0.717) is 39.4 Å². The SMILES string of the molecule is O=C(C1CNCC2C(=O)N(OCc3ccccc3)C(=O)N12)N1CCOCC1. The van der Waals surface area contributed by atoms with Crippen LogP contribution in [0.25, 0.3) is 0 Å². The van der Waals surface area contributed by atoms with Crippen LogP contribution in [0, 0.1) is 0 Å². The van der Waals surface area contributed by atoms with Crippen LogP contribution in [0.15, 0.2) is 30.3 Å². The predicted octanol–water partition coefficient (Wildman–Crippen LogP) is -0.418. The van der Waals surface area contributed by atoms with Gasteiger partial charge in [0.25, 0.3) is 5.91 Å². The molecule has 3 saturated heterocycles.